The summed E-state index contributed by atoms with van der Waals surface area (Å²) in [6, 6.07) is 71.4. The number of hydrogen-bond donors (Lipinski definition) is 1. The highest BCUT2D eigenvalue weighted by molar-refractivity contribution is 6.17. The average molecular weight is 742 g/mol. The van der Waals surface area contributed by atoms with Crippen LogP contribution < -0.4 is 10.1 Å². The normalized spacial score (nSPS) is 15.7. The van der Waals surface area contributed by atoms with Gasteiger partial charge in [-0.25, -0.2) is 9.98 Å². The highest BCUT2D eigenvalue weighted by atomic mass is 16.5. The predicted molar refractivity (Wildman–Crippen MR) is 236 cm³/mol. The van der Waals surface area contributed by atoms with Crippen molar-refractivity contribution >= 4 is 33.2 Å². The van der Waals surface area contributed by atoms with Crippen molar-refractivity contribution in [1.29, 1.82) is 0 Å². The van der Waals surface area contributed by atoms with E-state index < -0.39 is 11.6 Å². The minimum Gasteiger partial charge on any atom is -0.456 e. The fourth-order valence-electron chi connectivity index (χ4n) is 9.59. The molecule has 12 rings (SSSR count). The van der Waals surface area contributed by atoms with Gasteiger partial charge in [-0.2, -0.15) is 0 Å². The zero-order valence-electron chi connectivity index (χ0n) is 31.4. The van der Waals surface area contributed by atoms with Crippen LogP contribution in [0.1, 0.15) is 45.1 Å². The maximum atomic E-state index is 6.95. The van der Waals surface area contributed by atoms with Crippen molar-refractivity contribution in [1.82, 2.24) is 5.32 Å². The third-order valence-corrected chi connectivity index (χ3v) is 12.2. The molecular weight excluding hydrogens is 707 g/mol. The molecule has 0 aromatic heterocycles. The Bertz CT molecular complexity index is 3140. The van der Waals surface area contributed by atoms with E-state index in [4.69, 9.17) is 14.7 Å². The molecule has 0 saturated carbocycles. The Hall–Kier alpha value is -7.56. The summed E-state index contributed by atoms with van der Waals surface area (Å²) < 4.78 is 6.95. The van der Waals surface area contributed by atoms with Crippen LogP contribution in [0.15, 0.2) is 210 Å². The van der Waals surface area contributed by atoms with Gasteiger partial charge in [-0.05, 0) is 67.1 Å². The fraction of sp³-hybridized carbons (Fsp3) is 0.0370. The van der Waals surface area contributed by atoms with E-state index in [0.717, 1.165) is 56.6 Å². The number of aliphatic imine (C=N–C) groups is 2. The predicted octanol–water partition coefficient (Wildman–Crippen LogP) is 12.6. The van der Waals surface area contributed by atoms with Crippen LogP contribution in [0, 0.1) is 0 Å². The summed E-state index contributed by atoms with van der Waals surface area (Å²) in [5.41, 5.74) is 12.1. The number of amidine groups is 2. The minimum absolute atomic E-state index is 0.435. The van der Waals surface area contributed by atoms with Gasteiger partial charge in [0, 0.05) is 27.8 Å². The zero-order chi connectivity index (χ0) is 38.2. The molecule has 2 aliphatic heterocycles. The summed E-state index contributed by atoms with van der Waals surface area (Å²) in [4.78, 5) is 10.4. The second-order valence-corrected chi connectivity index (χ2v) is 15.3. The Balaban J connectivity index is 0.967. The summed E-state index contributed by atoms with van der Waals surface area (Å²) >= 11 is 0. The minimum atomic E-state index is -0.508. The quantitative estimate of drug-likeness (QED) is 0.183. The topological polar surface area (TPSA) is 46.0 Å². The van der Waals surface area contributed by atoms with Crippen LogP contribution in [0.2, 0.25) is 0 Å². The van der Waals surface area contributed by atoms with Crippen LogP contribution in [0.25, 0.3) is 43.8 Å². The Morgan fingerprint density at radius 2 is 1.00 bits per heavy atom. The lowest BCUT2D eigenvalue weighted by molar-refractivity contribution is 0.438. The zero-order valence-corrected chi connectivity index (χ0v) is 31.4. The second-order valence-electron chi connectivity index (χ2n) is 15.3. The fourth-order valence-corrected chi connectivity index (χ4v) is 9.59. The van der Waals surface area contributed by atoms with Crippen molar-refractivity contribution in [2.45, 2.75) is 11.6 Å². The van der Waals surface area contributed by atoms with Gasteiger partial charge in [0.15, 0.2) is 6.17 Å². The monoisotopic (exact) mass is 741 g/mol. The summed E-state index contributed by atoms with van der Waals surface area (Å²) in [5, 5.41) is 8.47. The highest BCUT2D eigenvalue weighted by Gasteiger charge is 2.51. The van der Waals surface area contributed by atoms with Gasteiger partial charge in [-0.1, -0.05) is 188 Å². The first-order valence-electron chi connectivity index (χ1n) is 19.8. The second kappa shape index (κ2) is 12.7. The number of ether oxygens (including phenoxy) is 1. The van der Waals surface area contributed by atoms with E-state index in [1.165, 1.54) is 49.4 Å². The summed E-state index contributed by atoms with van der Waals surface area (Å²) in [6.45, 7) is 0. The third kappa shape index (κ3) is 4.82. The molecule has 1 unspecified atom stereocenters. The molecule has 0 bridgehead atoms. The smallest absolute Gasteiger partial charge is 0.169 e. The summed E-state index contributed by atoms with van der Waals surface area (Å²) in [7, 11) is 0. The Labute approximate surface area is 336 Å². The Morgan fingerprint density at radius 1 is 0.414 bits per heavy atom. The van der Waals surface area contributed by atoms with Crippen LogP contribution in [0.4, 0.5) is 0 Å². The molecule has 2 heterocycles. The standard InChI is InChI=1S/C54H35N3O/c1-2-14-36(15-3-1)51-55-52(57-53(56-51)39-31-32-41-38(33-39)30-27-34-13-4-5-16-40(34)41)37-28-25-35(26-29-37)42-19-12-23-48-50(42)58-49-24-11-10-22-47(49)54(48)45-20-8-6-17-43(45)44-18-7-9-21-46(44)54/h1-33,52H,(H,55,56,57). The molecule has 0 amide bonds. The first kappa shape index (κ1) is 32.7. The van der Waals surface area contributed by atoms with Gasteiger partial charge in [0.05, 0.1) is 5.41 Å². The van der Waals surface area contributed by atoms with Crippen molar-refractivity contribution in [3.8, 4) is 33.8 Å². The van der Waals surface area contributed by atoms with E-state index >= 15 is 0 Å². The van der Waals surface area contributed by atoms with Crippen LogP contribution >= 0.6 is 0 Å². The molecule has 4 nitrogen and oxygen atoms in total. The van der Waals surface area contributed by atoms with Gasteiger partial charge in [-0.15, -0.1) is 0 Å². The van der Waals surface area contributed by atoms with E-state index in [0.29, 0.717) is 0 Å². The van der Waals surface area contributed by atoms with E-state index in [2.05, 4.69) is 187 Å². The van der Waals surface area contributed by atoms with E-state index in [1.807, 2.05) is 18.2 Å². The SMILES string of the molecule is c1ccc(C2=NC(c3ccc(-c4cccc5c4Oc4ccccc4C54c5ccccc5-c5ccccc54)cc3)N=C(c3ccc4c(ccc5ccccc54)c3)N2)cc1. The van der Waals surface area contributed by atoms with Gasteiger partial charge in [-0.3, -0.25) is 0 Å². The first-order valence-corrected chi connectivity index (χ1v) is 19.8. The van der Waals surface area contributed by atoms with Crippen LogP contribution in [0.3, 0.4) is 0 Å². The van der Waals surface area contributed by atoms with Crippen molar-refractivity contribution in [3.05, 3.63) is 239 Å². The Kier molecular flexibility index (Phi) is 7.17. The molecule has 1 atom stereocenters. The van der Waals surface area contributed by atoms with Gasteiger partial charge in [0.1, 0.15) is 23.2 Å². The average Bonchev–Trinajstić information content (AvgIpc) is 3.59. The Morgan fingerprint density at radius 3 is 1.79 bits per heavy atom. The molecule has 9 aromatic rings. The van der Waals surface area contributed by atoms with E-state index in [9.17, 15) is 0 Å². The maximum Gasteiger partial charge on any atom is 0.169 e. The van der Waals surface area contributed by atoms with Crippen molar-refractivity contribution < 1.29 is 4.74 Å². The number of para-hydroxylation sites is 2. The number of nitrogens with one attached hydrogen (secondary N) is 1. The largest absolute Gasteiger partial charge is 0.456 e. The summed E-state index contributed by atoms with van der Waals surface area (Å²) in [5.74, 6) is 3.36. The van der Waals surface area contributed by atoms with Crippen LogP contribution in [-0.2, 0) is 5.41 Å². The molecule has 0 saturated heterocycles. The molecule has 0 fully saturated rings. The molecule has 3 aliphatic rings. The molecular formula is C54H35N3O. The van der Waals surface area contributed by atoms with E-state index in [-0.39, 0.29) is 0 Å². The number of fused-ring (bicyclic) bond motifs is 12. The molecule has 1 N–H and O–H groups in total. The van der Waals surface area contributed by atoms with Crippen molar-refractivity contribution in [3.63, 3.8) is 0 Å². The van der Waals surface area contributed by atoms with Crippen molar-refractivity contribution in [2.24, 2.45) is 9.98 Å². The number of hydrogen-bond acceptors (Lipinski definition) is 4. The molecule has 0 radical (unpaired) electrons. The molecule has 4 heteroatoms. The van der Waals surface area contributed by atoms with Gasteiger partial charge in [0.25, 0.3) is 0 Å². The van der Waals surface area contributed by atoms with Gasteiger partial charge < -0.3 is 10.1 Å². The molecule has 9 aromatic carbocycles. The lowest BCUT2D eigenvalue weighted by Gasteiger charge is -2.40. The number of benzene rings is 9. The highest BCUT2D eigenvalue weighted by Crippen LogP contribution is 2.63. The first-order chi connectivity index (χ1) is 28.7. The number of nitrogens with zero attached hydrogens (tertiary/aromatic N) is 2. The third-order valence-electron chi connectivity index (χ3n) is 12.2. The van der Waals surface area contributed by atoms with E-state index in [1.54, 1.807) is 0 Å². The van der Waals surface area contributed by atoms with Gasteiger partial charge >= 0.3 is 0 Å². The number of rotatable bonds is 4. The lowest BCUT2D eigenvalue weighted by atomic mass is 9.65. The molecule has 1 aliphatic carbocycles. The maximum absolute atomic E-state index is 6.95. The molecule has 1 spiro atoms. The van der Waals surface area contributed by atoms with Gasteiger partial charge in [0.2, 0.25) is 0 Å². The summed E-state index contributed by atoms with van der Waals surface area (Å²) in [6.07, 6.45) is -0.435. The molecule has 272 valence electrons. The van der Waals surface area contributed by atoms with Crippen LogP contribution in [0.5, 0.6) is 11.5 Å². The molecule has 58 heavy (non-hydrogen) atoms. The van der Waals surface area contributed by atoms with Crippen LogP contribution in [-0.4, -0.2) is 11.7 Å². The van der Waals surface area contributed by atoms with Crippen molar-refractivity contribution in [2.75, 3.05) is 0 Å². The lowest BCUT2D eigenvalue weighted by Crippen LogP contribution is -2.36.